The fourth-order valence-electron chi connectivity index (χ4n) is 1.91. The molecule has 0 saturated heterocycles. The van der Waals surface area contributed by atoms with Gasteiger partial charge in [-0.05, 0) is 31.0 Å². The molecule has 1 amide bonds. The molecule has 0 heterocycles. The van der Waals surface area contributed by atoms with E-state index in [0.717, 1.165) is 8.95 Å². The zero-order valence-electron chi connectivity index (χ0n) is 11.4. The molecule has 0 spiro atoms. The first-order chi connectivity index (χ1) is 9.34. The van der Waals surface area contributed by atoms with E-state index in [2.05, 4.69) is 37.2 Å². The summed E-state index contributed by atoms with van der Waals surface area (Å²) < 4.78 is 1.57. The van der Waals surface area contributed by atoms with E-state index in [-0.39, 0.29) is 12.5 Å². The van der Waals surface area contributed by atoms with Crippen LogP contribution in [0.1, 0.15) is 37.0 Å². The minimum absolute atomic E-state index is 0.123. The second-order valence-corrected chi connectivity index (χ2v) is 6.46. The summed E-state index contributed by atoms with van der Waals surface area (Å²) in [5.41, 5.74) is -0.420. The van der Waals surface area contributed by atoms with Crippen LogP contribution in [0.5, 0.6) is 0 Å². The van der Waals surface area contributed by atoms with E-state index in [0.29, 0.717) is 18.4 Å². The predicted molar refractivity (Wildman–Crippen MR) is 84.8 cm³/mol. The molecule has 0 fully saturated rings. The summed E-state index contributed by atoms with van der Waals surface area (Å²) >= 11 is 6.64. The topological polar surface area (TPSA) is 66.4 Å². The Morgan fingerprint density at radius 3 is 2.05 bits per heavy atom. The van der Waals surface area contributed by atoms with Crippen LogP contribution in [0.2, 0.25) is 0 Å². The molecule has 0 bridgehead atoms. The summed E-state index contributed by atoms with van der Waals surface area (Å²) in [6.45, 7) is 3.76. The summed E-state index contributed by atoms with van der Waals surface area (Å²) in [5.74, 6) is -1.15. The highest BCUT2D eigenvalue weighted by Gasteiger charge is 2.35. The maximum Gasteiger partial charge on any atom is 0.311 e. The minimum Gasteiger partial charge on any atom is -0.481 e. The molecule has 0 aliphatic heterocycles. The van der Waals surface area contributed by atoms with Crippen LogP contribution in [-0.4, -0.2) is 23.5 Å². The van der Waals surface area contributed by atoms with Crippen LogP contribution in [-0.2, 0) is 4.79 Å². The number of carbonyl (C=O) groups excluding carboxylic acids is 1. The zero-order valence-corrected chi connectivity index (χ0v) is 14.5. The molecule has 4 nitrogen and oxygen atoms in total. The Hall–Kier alpha value is -0.880. The third kappa shape index (κ3) is 4.06. The van der Waals surface area contributed by atoms with Crippen LogP contribution in [0, 0.1) is 5.41 Å². The number of hydrogen-bond donors (Lipinski definition) is 2. The number of benzene rings is 1. The Morgan fingerprint density at radius 2 is 1.65 bits per heavy atom. The normalized spacial score (nSPS) is 11.2. The largest absolute Gasteiger partial charge is 0.481 e. The Labute approximate surface area is 135 Å². The van der Waals surface area contributed by atoms with Crippen LogP contribution >= 0.6 is 31.9 Å². The second kappa shape index (κ2) is 7.22. The van der Waals surface area contributed by atoms with Crippen molar-refractivity contribution < 1.29 is 14.7 Å². The number of halogens is 2. The van der Waals surface area contributed by atoms with Gasteiger partial charge < -0.3 is 10.4 Å². The number of carbonyl (C=O) groups is 2. The predicted octanol–water partition coefficient (Wildman–Crippen LogP) is 3.83. The van der Waals surface area contributed by atoms with Crippen molar-refractivity contribution in [2.75, 3.05) is 6.54 Å². The third-order valence-corrected chi connectivity index (χ3v) is 4.43. The molecule has 110 valence electrons. The molecule has 0 unspecified atom stereocenters. The monoisotopic (exact) mass is 405 g/mol. The highest BCUT2D eigenvalue weighted by Crippen LogP contribution is 2.26. The average molecular weight is 407 g/mol. The molecule has 1 rings (SSSR count). The molecule has 6 heteroatoms. The second-order valence-electron chi connectivity index (χ2n) is 4.63. The number of nitrogens with one attached hydrogen (secondary N) is 1. The lowest BCUT2D eigenvalue weighted by molar-refractivity contribution is -0.149. The SMILES string of the molecule is CCC(CC)(CNC(=O)c1cc(Br)cc(Br)c1)C(=O)O. The zero-order chi connectivity index (χ0) is 15.3. The average Bonchev–Trinajstić information content (AvgIpc) is 2.38. The summed E-state index contributed by atoms with van der Waals surface area (Å²) in [7, 11) is 0. The van der Waals surface area contributed by atoms with Gasteiger partial charge in [0.25, 0.3) is 5.91 Å². The molecule has 2 N–H and O–H groups in total. The smallest absolute Gasteiger partial charge is 0.311 e. The molecule has 0 radical (unpaired) electrons. The first-order valence-corrected chi connectivity index (χ1v) is 7.91. The van der Waals surface area contributed by atoms with Crippen LogP contribution in [0.25, 0.3) is 0 Å². The maximum atomic E-state index is 12.1. The summed E-state index contributed by atoms with van der Waals surface area (Å²) in [6.07, 6.45) is 0.947. The van der Waals surface area contributed by atoms with Gasteiger partial charge in [0.2, 0.25) is 0 Å². The minimum atomic E-state index is -0.904. The molecule has 0 aliphatic carbocycles. The molecule has 1 aromatic rings. The molecule has 0 saturated carbocycles. The van der Waals surface area contributed by atoms with E-state index in [1.54, 1.807) is 12.1 Å². The van der Waals surface area contributed by atoms with Crippen LogP contribution < -0.4 is 5.32 Å². The summed E-state index contributed by atoms with van der Waals surface area (Å²) in [4.78, 5) is 23.5. The Kier molecular flexibility index (Phi) is 6.20. The third-order valence-electron chi connectivity index (χ3n) is 3.52. The van der Waals surface area contributed by atoms with Crippen molar-refractivity contribution in [1.82, 2.24) is 5.32 Å². The van der Waals surface area contributed by atoms with Gasteiger partial charge in [-0.15, -0.1) is 0 Å². The first-order valence-electron chi connectivity index (χ1n) is 6.32. The van der Waals surface area contributed by atoms with Gasteiger partial charge in [0.15, 0.2) is 0 Å². The van der Waals surface area contributed by atoms with Crippen molar-refractivity contribution in [3.8, 4) is 0 Å². The van der Waals surface area contributed by atoms with Gasteiger partial charge in [0.05, 0.1) is 5.41 Å². The van der Waals surface area contributed by atoms with E-state index in [9.17, 15) is 14.7 Å². The lowest BCUT2D eigenvalue weighted by Crippen LogP contribution is -2.42. The van der Waals surface area contributed by atoms with Crippen molar-refractivity contribution in [2.24, 2.45) is 5.41 Å². The van der Waals surface area contributed by atoms with E-state index in [4.69, 9.17) is 0 Å². The quantitative estimate of drug-likeness (QED) is 0.754. The molecule has 20 heavy (non-hydrogen) atoms. The van der Waals surface area contributed by atoms with Crippen LogP contribution in [0.15, 0.2) is 27.1 Å². The van der Waals surface area contributed by atoms with E-state index >= 15 is 0 Å². The number of aliphatic carboxylic acids is 1. The fraction of sp³-hybridized carbons (Fsp3) is 0.429. The number of rotatable bonds is 6. The van der Waals surface area contributed by atoms with Crippen LogP contribution in [0.3, 0.4) is 0 Å². The van der Waals surface area contributed by atoms with Gasteiger partial charge in [-0.3, -0.25) is 9.59 Å². The van der Waals surface area contributed by atoms with Crippen molar-refractivity contribution in [3.05, 3.63) is 32.7 Å². The summed E-state index contributed by atoms with van der Waals surface area (Å²) in [6, 6.07) is 5.22. The van der Waals surface area contributed by atoms with Crippen molar-refractivity contribution in [1.29, 1.82) is 0 Å². The number of hydrogen-bond acceptors (Lipinski definition) is 2. The van der Waals surface area contributed by atoms with E-state index < -0.39 is 11.4 Å². The molecular formula is C14H17Br2NO3. The van der Waals surface area contributed by atoms with Gasteiger partial charge in [0.1, 0.15) is 0 Å². The lowest BCUT2D eigenvalue weighted by Gasteiger charge is -2.26. The van der Waals surface area contributed by atoms with Crippen molar-refractivity contribution in [2.45, 2.75) is 26.7 Å². The van der Waals surface area contributed by atoms with Crippen molar-refractivity contribution >= 4 is 43.7 Å². The molecule has 0 atom stereocenters. The first kappa shape index (κ1) is 17.2. The number of carboxylic acids is 1. The van der Waals surface area contributed by atoms with Crippen LogP contribution in [0.4, 0.5) is 0 Å². The van der Waals surface area contributed by atoms with Gasteiger partial charge in [-0.2, -0.15) is 0 Å². The number of amides is 1. The van der Waals surface area contributed by atoms with Gasteiger partial charge in [-0.25, -0.2) is 0 Å². The fourth-order valence-corrected chi connectivity index (χ4v) is 3.21. The van der Waals surface area contributed by atoms with Gasteiger partial charge in [-0.1, -0.05) is 45.7 Å². The van der Waals surface area contributed by atoms with Gasteiger partial charge >= 0.3 is 5.97 Å². The summed E-state index contributed by atoms with van der Waals surface area (Å²) in [5, 5.41) is 12.0. The van der Waals surface area contributed by atoms with E-state index in [1.165, 1.54) is 0 Å². The standard InChI is InChI=1S/C14H17Br2NO3/c1-3-14(4-2,13(19)20)8-17-12(18)9-5-10(15)7-11(16)6-9/h5-7H,3-4,8H2,1-2H3,(H,17,18)(H,19,20). The molecule has 0 aromatic heterocycles. The molecular weight excluding hydrogens is 390 g/mol. The van der Waals surface area contributed by atoms with E-state index in [1.807, 2.05) is 19.9 Å². The Balaban J connectivity index is 2.83. The number of carboxylic acid groups (broad SMARTS) is 1. The Bertz CT molecular complexity index is 493. The van der Waals surface area contributed by atoms with Gasteiger partial charge in [0, 0.05) is 21.1 Å². The molecule has 1 aromatic carbocycles. The lowest BCUT2D eigenvalue weighted by atomic mass is 9.82. The highest BCUT2D eigenvalue weighted by molar-refractivity contribution is 9.11. The maximum absolute atomic E-state index is 12.1. The Morgan fingerprint density at radius 1 is 1.15 bits per heavy atom. The highest BCUT2D eigenvalue weighted by atomic mass is 79.9. The van der Waals surface area contributed by atoms with Crippen molar-refractivity contribution in [3.63, 3.8) is 0 Å². The molecule has 0 aliphatic rings.